The van der Waals surface area contributed by atoms with Crippen LogP contribution in [-0.2, 0) is 11.1 Å². The number of carbonyl (C=O) groups excluding carboxylic acids is 2. The molecular weight excluding hydrogens is 700 g/mol. The van der Waals surface area contributed by atoms with Crippen LogP contribution in [0.1, 0.15) is 61.3 Å². The van der Waals surface area contributed by atoms with E-state index in [1.54, 1.807) is 0 Å². The minimum Gasteiger partial charge on any atom is -0.340 e. The maximum absolute atomic E-state index is 14.4. The van der Waals surface area contributed by atoms with Gasteiger partial charge in [-0.25, -0.2) is 37.2 Å². The van der Waals surface area contributed by atoms with Gasteiger partial charge in [-0.05, 0) is 86.8 Å². The highest BCUT2D eigenvalue weighted by molar-refractivity contribution is 6.04. The van der Waals surface area contributed by atoms with Crippen LogP contribution in [-0.4, -0.2) is 60.2 Å². The lowest BCUT2D eigenvalue weighted by Gasteiger charge is -2.37. The number of hydrogen-bond donors (Lipinski definition) is 4. The number of benzene rings is 4. The van der Waals surface area contributed by atoms with Gasteiger partial charge in [0, 0.05) is 37.6 Å². The molecule has 0 aromatic heterocycles. The second-order valence-corrected chi connectivity index (χ2v) is 12.9. The topological polar surface area (TPSA) is 141 Å². The summed E-state index contributed by atoms with van der Waals surface area (Å²) < 4.78 is 56.1. The van der Waals surface area contributed by atoms with Crippen LogP contribution in [0.3, 0.4) is 0 Å². The molecular formula is C40H44F4N8O2. The van der Waals surface area contributed by atoms with Gasteiger partial charge in [-0.2, -0.15) is 10.2 Å². The number of rotatable bonds is 10. The van der Waals surface area contributed by atoms with E-state index in [-0.39, 0.29) is 30.0 Å². The Balaban J connectivity index is 0.000000208. The highest BCUT2D eigenvalue weighted by Gasteiger charge is 2.48. The normalized spacial score (nSPS) is 19.1. The van der Waals surface area contributed by atoms with Crippen LogP contribution >= 0.6 is 0 Å². The molecule has 14 heteroatoms. The van der Waals surface area contributed by atoms with Crippen molar-refractivity contribution in [3.63, 3.8) is 0 Å². The molecule has 2 aliphatic rings. The molecule has 2 atom stereocenters. The molecule has 0 aliphatic carbocycles. The van der Waals surface area contributed by atoms with Crippen molar-refractivity contribution in [1.29, 1.82) is 0 Å². The predicted octanol–water partition coefficient (Wildman–Crippen LogP) is 6.70. The van der Waals surface area contributed by atoms with Gasteiger partial charge in [0.15, 0.2) is 0 Å². The molecule has 2 unspecified atom stereocenters. The van der Waals surface area contributed by atoms with Crippen molar-refractivity contribution in [2.45, 2.75) is 50.1 Å². The molecule has 284 valence electrons. The summed E-state index contributed by atoms with van der Waals surface area (Å²) in [4.78, 5) is 25.3. The van der Waals surface area contributed by atoms with Crippen molar-refractivity contribution in [1.82, 2.24) is 20.7 Å². The Morgan fingerprint density at radius 2 is 1.15 bits per heavy atom. The summed E-state index contributed by atoms with van der Waals surface area (Å²) in [6.07, 6.45) is 2.14. The molecule has 0 bridgehead atoms. The van der Waals surface area contributed by atoms with Crippen LogP contribution in [0.4, 0.5) is 27.2 Å². The first-order chi connectivity index (χ1) is 26.0. The van der Waals surface area contributed by atoms with Gasteiger partial charge in [-0.3, -0.25) is 0 Å². The molecule has 0 radical (unpaired) electrons. The quantitative estimate of drug-likeness (QED) is 0.134. The molecule has 0 saturated carbocycles. The molecule has 4 amide bonds. The fourth-order valence-electron chi connectivity index (χ4n) is 7.01. The summed E-state index contributed by atoms with van der Waals surface area (Å²) in [6, 6.07) is 24.5. The monoisotopic (exact) mass is 744 g/mol. The van der Waals surface area contributed by atoms with Gasteiger partial charge < -0.3 is 22.1 Å². The largest absolute Gasteiger partial charge is 0.340 e. The molecule has 6 rings (SSSR count). The highest BCUT2D eigenvalue weighted by atomic mass is 19.1. The van der Waals surface area contributed by atoms with E-state index in [1.807, 2.05) is 67.6 Å². The van der Waals surface area contributed by atoms with E-state index in [9.17, 15) is 27.2 Å². The van der Waals surface area contributed by atoms with Gasteiger partial charge in [0.25, 0.3) is 0 Å². The lowest BCUT2D eigenvalue weighted by atomic mass is 9.80. The first-order valence-electron chi connectivity index (χ1n) is 17.7. The summed E-state index contributed by atoms with van der Waals surface area (Å²) in [5, 5.41) is 16.8. The van der Waals surface area contributed by atoms with E-state index in [0.717, 1.165) is 47.5 Å². The molecule has 4 aromatic carbocycles. The van der Waals surface area contributed by atoms with Gasteiger partial charge in [0.1, 0.15) is 23.3 Å². The standard InChI is InChI=1S/C21H24F2N4O.C19H20F2N4O/c1-2-25-20(28)27-21(11-6-12-24,15-7-4-3-5-8-15)14-19(26-27)17-13-16(22)9-10-18(17)23;1-23-18(26)25-19(9-10-22,13-5-3-2-4-6-13)12-17(24-25)15-11-14(20)7-8-16(15)21/h3-5,7-10,13H,2,6,11-12,14,24H2,1H3,(H,25,28);2-8,11H,9-10,12,22H2,1H3,(H,23,26). The fourth-order valence-corrected chi connectivity index (χ4v) is 7.01. The maximum atomic E-state index is 14.4. The summed E-state index contributed by atoms with van der Waals surface area (Å²) >= 11 is 0. The summed E-state index contributed by atoms with van der Waals surface area (Å²) in [7, 11) is 1.50. The van der Waals surface area contributed by atoms with Crippen LogP contribution in [0.2, 0.25) is 0 Å². The number of nitrogens with zero attached hydrogens (tertiary/aromatic N) is 4. The zero-order valence-electron chi connectivity index (χ0n) is 30.2. The van der Waals surface area contributed by atoms with Crippen molar-refractivity contribution >= 4 is 23.5 Å². The molecule has 4 aromatic rings. The molecule has 0 saturated heterocycles. The van der Waals surface area contributed by atoms with Crippen molar-refractivity contribution in [3.8, 4) is 0 Å². The first-order valence-corrected chi connectivity index (χ1v) is 17.7. The Hall–Kier alpha value is -5.60. The first kappa shape index (κ1) is 39.6. The van der Waals surface area contributed by atoms with Crippen molar-refractivity contribution in [2.75, 3.05) is 26.7 Å². The second-order valence-electron chi connectivity index (χ2n) is 12.9. The van der Waals surface area contributed by atoms with E-state index in [4.69, 9.17) is 11.5 Å². The van der Waals surface area contributed by atoms with Crippen molar-refractivity contribution in [2.24, 2.45) is 21.7 Å². The van der Waals surface area contributed by atoms with E-state index < -0.39 is 40.4 Å². The molecule has 0 spiro atoms. The van der Waals surface area contributed by atoms with Crippen LogP contribution in [0.5, 0.6) is 0 Å². The van der Waals surface area contributed by atoms with Gasteiger partial charge in [0.2, 0.25) is 0 Å². The zero-order valence-corrected chi connectivity index (χ0v) is 30.2. The number of carbonyl (C=O) groups is 2. The average molecular weight is 745 g/mol. The molecule has 10 nitrogen and oxygen atoms in total. The maximum Gasteiger partial charge on any atom is 0.338 e. The lowest BCUT2D eigenvalue weighted by Crippen LogP contribution is -2.48. The molecule has 54 heavy (non-hydrogen) atoms. The van der Waals surface area contributed by atoms with E-state index >= 15 is 0 Å². The Morgan fingerprint density at radius 3 is 1.57 bits per heavy atom. The molecule has 2 heterocycles. The summed E-state index contributed by atoms with van der Waals surface area (Å²) in [6.45, 7) is 2.99. The van der Waals surface area contributed by atoms with Gasteiger partial charge >= 0.3 is 12.1 Å². The second kappa shape index (κ2) is 17.5. The smallest absolute Gasteiger partial charge is 0.338 e. The average Bonchev–Trinajstić information content (AvgIpc) is 3.77. The third-order valence-corrected chi connectivity index (χ3v) is 9.55. The number of hydrazone groups is 2. The lowest BCUT2D eigenvalue weighted by molar-refractivity contribution is 0.123. The Bertz CT molecular complexity index is 2000. The van der Waals surface area contributed by atoms with Gasteiger partial charge in [-0.1, -0.05) is 60.7 Å². The number of nitrogens with one attached hydrogen (secondary N) is 2. The fraction of sp³-hybridized carbons (Fsp3) is 0.300. The number of nitrogens with two attached hydrogens (primary N) is 2. The Kier molecular flexibility index (Phi) is 12.8. The van der Waals surface area contributed by atoms with Crippen LogP contribution in [0.15, 0.2) is 107 Å². The SMILES string of the molecule is CCNC(=O)N1N=C(c2cc(F)ccc2F)CC1(CCCN)c1ccccc1.CNC(=O)N1N=C(c2cc(F)ccc2F)CC1(CCN)c1ccccc1. The van der Waals surface area contributed by atoms with Gasteiger partial charge in [0.05, 0.1) is 22.5 Å². The van der Waals surface area contributed by atoms with Gasteiger partial charge in [-0.15, -0.1) is 0 Å². The Labute approximate surface area is 311 Å². The predicted molar refractivity (Wildman–Crippen MR) is 200 cm³/mol. The summed E-state index contributed by atoms with van der Waals surface area (Å²) in [5.41, 5.74) is 12.4. The summed E-state index contributed by atoms with van der Waals surface area (Å²) in [5.74, 6) is -2.27. The van der Waals surface area contributed by atoms with E-state index in [0.29, 0.717) is 50.3 Å². The molecule has 2 aliphatic heterocycles. The number of amides is 4. The van der Waals surface area contributed by atoms with Crippen molar-refractivity contribution < 1.29 is 27.2 Å². The highest BCUT2D eigenvalue weighted by Crippen LogP contribution is 2.44. The van der Waals surface area contributed by atoms with E-state index in [1.165, 1.54) is 17.1 Å². The van der Waals surface area contributed by atoms with Crippen LogP contribution < -0.4 is 22.1 Å². The third-order valence-electron chi connectivity index (χ3n) is 9.55. The minimum atomic E-state index is -0.857. The Morgan fingerprint density at radius 1 is 0.685 bits per heavy atom. The number of halogens is 4. The third kappa shape index (κ3) is 8.14. The number of urea groups is 2. The van der Waals surface area contributed by atoms with Crippen LogP contribution in [0, 0.1) is 23.3 Å². The minimum absolute atomic E-state index is 0.0498. The zero-order chi connectivity index (χ0) is 38.9. The van der Waals surface area contributed by atoms with E-state index in [2.05, 4.69) is 20.8 Å². The molecule has 6 N–H and O–H groups in total. The van der Waals surface area contributed by atoms with Crippen molar-refractivity contribution in [3.05, 3.63) is 143 Å². The number of hydrogen-bond acceptors (Lipinski definition) is 6. The molecule has 0 fully saturated rings. The van der Waals surface area contributed by atoms with Crippen LogP contribution in [0.25, 0.3) is 0 Å².